The normalized spacial score (nSPS) is 12.4. The summed E-state index contributed by atoms with van der Waals surface area (Å²) >= 11 is 0. The summed E-state index contributed by atoms with van der Waals surface area (Å²) < 4.78 is 0. The van der Waals surface area contributed by atoms with E-state index in [-0.39, 0.29) is 6.04 Å². The number of aryl methyl sites for hydroxylation is 2. The van der Waals surface area contributed by atoms with Gasteiger partial charge in [-0.15, -0.1) is 0 Å². The Bertz CT molecular complexity index is 494. The van der Waals surface area contributed by atoms with Gasteiger partial charge in [0.05, 0.1) is 11.7 Å². The number of rotatable bonds is 3. The molecule has 2 N–H and O–H groups in total. The zero-order chi connectivity index (χ0) is 12.3. The molecule has 0 amide bonds. The first-order valence-electron chi connectivity index (χ1n) is 5.74. The molecule has 0 bridgehead atoms. The molecular formula is C14H17N3. The molecule has 0 radical (unpaired) electrons. The highest BCUT2D eigenvalue weighted by Crippen LogP contribution is 2.17. The molecule has 1 atom stereocenters. The first-order chi connectivity index (χ1) is 8.16. The maximum Gasteiger partial charge on any atom is 0.0603 e. The lowest BCUT2D eigenvalue weighted by atomic mass is 10.0. The maximum absolute atomic E-state index is 6.19. The van der Waals surface area contributed by atoms with Crippen LogP contribution in [0.1, 0.15) is 28.4 Å². The van der Waals surface area contributed by atoms with Crippen molar-refractivity contribution in [1.82, 2.24) is 9.97 Å². The standard InChI is InChI=1S/C14H17N3/c1-10-6-11(2)14(17-8-10)13(15)7-12-4-3-5-16-9-12/h3-6,8-9,13H,7,15H2,1-2H3. The van der Waals surface area contributed by atoms with Gasteiger partial charge in [0.1, 0.15) is 0 Å². The maximum atomic E-state index is 6.19. The number of nitrogens with zero attached hydrogens (tertiary/aromatic N) is 2. The molecule has 0 aliphatic heterocycles. The fraction of sp³-hybridized carbons (Fsp3) is 0.286. The molecule has 0 saturated heterocycles. The van der Waals surface area contributed by atoms with Crippen LogP contribution in [0, 0.1) is 13.8 Å². The molecule has 0 aliphatic carbocycles. The fourth-order valence-electron chi connectivity index (χ4n) is 1.98. The number of hydrogen-bond donors (Lipinski definition) is 1. The van der Waals surface area contributed by atoms with Crippen LogP contribution in [0.4, 0.5) is 0 Å². The first-order valence-corrected chi connectivity index (χ1v) is 5.74. The Morgan fingerprint density at radius 3 is 2.76 bits per heavy atom. The summed E-state index contributed by atoms with van der Waals surface area (Å²) in [6, 6.07) is 6.01. The second kappa shape index (κ2) is 5.06. The Kier molecular flexibility index (Phi) is 3.49. The monoisotopic (exact) mass is 227 g/mol. The lowest BCUT2D eigenvalue weighted by molar-refractivity contribution is 0.688. The molecule has 0 aromatic carbocycles. The van der Waals surface area contributed by atoms with Gasteiger partial charge in [0.25, 0.3) is 0 Å². The molecule has 2 rings (SSSR count). The molecule has 0 fully saturated rings. The predicted molar refractivity (Wildman–Crippen MR) is 68.6 cm³/mol. The summed E-state index contributed by atoms with van der Waals surface area (Å²) in [5, 5.41) is 0. The van der Waals surface area contributed by atoms with Gasteiger partial charge in [-0.05, 0) is 43.0 Å². The van der Waals surface area contributed by atoms with Crippen molar-refractivity contribution >= 4 is 0 Å². The number of nitrogens with two attached hydrogens (primary N) is 1. The van der Waals surface area contributed by atoms with E-state index in [2.05, 4.69) is 23.0 Å². The summed E-state index contributed by atoms with van der Waals surface area (Å²) in [6.07, 6.45) is 6.25. The van der Waals surface area contributed by atoms with Gasteiger partial charge in [-0.3, -0.25) is 9.97 Å². The van der Waals surface area contributed by atoms with Gasteiger partial charge in [0.2, 0.25) is 0 Å². The third-order valence-corrected chi connectivity index (χ3v) is 2.79. The highest BCUT2D eigenvalue weighted by molar-refractivity contribution is 5.26. The summed E-state index contributed by atoms with van der Waals surface area (Å²) in [4.78, 5) is 8.52. The Balaban J connectivity index is 2.17. The average Bonchev–Trinajstić information content (AvgIpc) is 2.30. The minimum Gasteiger partial charge on any atom is -0.322 e. The number of pyridine rings is 2. The zero-order valence-corrected chi connectivity index (χ0v) is 10.2. The highest BCUT2D eigenvalue weighted by Gasteiger charge is 2.11. The predicted octanol–water partition coefficient (Wildman–Crippen LogP) is 2.34. The van der Waals surface area contributed by atoms with E-state index in [0.29, 0.717) is 0 Å². The van der Waals surface area contributed by atoms with Crippen molar-refractivity contribution in [2.45, 2.75) is 26.3 Å². The van der Waals surface area contributed by atoms with Crippen LogP contribution in [0.5, 0.6) is 0 Å². The molecule has 88 valence electrons. The van der Waals surface area contributed by atoms with Gasteiger partial charge in [0, 0.05) is 18.6 Å². The molecule has 2 heterocycles. The third-order valence-electron chi connectivity index (χ3n) is 2.79. The number of aromatic nitrogens is 2. The van der Waals surface area contributed by atoms with E-state index < -0.39 is 0 Å². The summed E-state index contributed by atoms with van der Waals surface area (Å²) in [5.41, 5.74) is 10.6. The van der Waals surface area contributed by atoms with Crippen LogP contribution in [-0.4, -0.2) is 9.97 Å². The molecule has 2 aromatic rings. The van der Waals surface area contributed by atoms with Crippen LogP contribution in [-0.2, 0) is 6.42 Å². The Hall–Kier alpha value is -1.74. The van der Waals surface area contributed by atoms with Crippen LogP contribution in [0.25, 0.3) is 0 Å². The van der Waals surface area contributed by atoms with E-state index in [0.717, 1.165) is 23.2 Å². The van der Waals surface area contributed by atoms with Crippen LogP contribution in [0.3, 0.4) is 0 Å². The zero-order valence-electron chi connectivity index (χ0n) is 10.2. The average molecular weight is 227 g/mol. The molecule has 1 unspecified atom stereocenters. The van der Waals surface area contributed by atoms with Gasteiger partial charge < -0.3 is 5.73 Å². The first kappa shape index (κ1) is 11.7. The highest BCUT2D eigenvalue weighted by atomic mass is 14.8. The second-order valence-corrected chi connectivity index (χ2v) is 4.39. The van der Waals surface area contributed by atoms with Crippen molar-refractivity contribution in [2.75, 3.05) is 0 Å². The minimum atomic E-state index is -0.0696. The Labute approximate surface area is 102 Å². The van der Waals surface area contributed by atoms with E-state index in [1.54, 1.807) is 6.20 Å². The Morgan fingerprint density at radius 2 is 2.12 bits per heavy atom. The van der Waals surface area contributed by atoms with Crippen molar-refractivity contribution in [2.24, 2.45) is 5.73 Å². The lowest BCUT2D eigenvalue weighted by Crippen LogP contribution is -2.16. The van der Waals surface area contributed by atoms with E-state index in [4.69, 9.17) is 5.73 Å². The van der Waals surface area contributed by atoms with E-state index in [9.17, 15) is 0 Å². The van der Waals surface area contributed by atoms with Gasteiger partial charge in [-0.1, -0.05) is 12.1 Å². The molecule has 0 spiro atoms. The van der Waals surface area contributed by atoms with Crippen molar-refractivity contribution in [3.63, 3.8) is 0 Å². The van der Waals surface area contributed by atoms with Gasteiger partial charge in [-0.2, -0.15) is 0 Å². The van der Waals surface area contributed by atoms with Crippen LogP contribution in [0.15, 0.2) is 36.8 Å². The van der Waals surface area contributed by atoms with E-state index >= 15 is 0 Å². The molecule has 2 aromatic heterocycles. The summed E-state index contributed by atoms with van der Waals surface area (Å²) in [7, 11) is 0. The summed E-state index contributed by atoms with van der Waals surface area (Å²) in [6.45, 7) is 4.09. The second-order valence-electron chi connectivity index (χ2n) is 4.39. The lowest BCUT2D eigenvalue weighted by Gasteiger charge is -2.13. The van der Waals surface area contributed by atoms with Crippen molar-refractivity contribution in [3.8, 4) is 0 Å². The molecule has 0 aliphatic rings. The smallest absolute Gasteiger partial charge is 0.0603 e. The number of hydrogen-bond acceptors (Lipinski definition) is 3. The van der Waals surface area contributed by atoms with Crippen LogP contribution in [0.2, 0.25) is 0 Å². The van der Waals surface area contributed by atoms with Crippen molar-refractivity contribution in [3.05, 3.63) is 59.2 Å². The van der Waals surface area contributed by atoms with E-state index in [1.807, 2.05) is 31.5 Å². The van der Waals surface area contributed by atoms with Crippen LogP contribution < -0.4 is 5.73 Å². The van der Waals surface area contributed by atoms with Crippen molar-refractivity contribution in [1.29, 1.82) is 0 Å². The van der Waals surface area contributed by atoms with Crippen molar-refractivity contribution < 1.29 is 0 Å². The van der Waals surface area contributed by atoms with Crippen LogP contribution >= 0.6 is 0 Å². The largest absolute Gasteiger partial charge is 0.322 e. The minimum absolute atomic E-state index is 0.0696. The van der Waals surface area contributed by atoms with Gasteiger partial charge >= 0.3 is 0 Å². The fourth-order valence-corrected chi connectivity index (χ4v) is 1.98. The molecular weight excluding hydrogens is 210 g/mol. The van der Waals surface area contributed by atoms with E-state index in [1.165, 1.54) is 5.56 Å². The quantitative estimate of drug-likeness (QED) is 0.875. The van der Waals surface area contributed by atoms with Gasteiger partial charge in [0.15, 0.2) is 0 Å². The molecule has 3 nitrogen and oxygen atoms in total. The Morgan fingerprint density at radius 1 is 1.29 bits per heavy atom. The summed E-state index contributed by atoms with van der Waals surface area (Å²) in [5.74, 6) is 0. The molecule has 3 heteroatoms. The third kappa shape index (κ3) is 2.88. The molecule has 17 heavy (non-hydrogen) atoms. The topological polar surface area (TPSA) is 51.8 Å². The SMILES string of the molecule is Cc1cnc(C(N)Cc2cccnc2)c(C)c1. The molecule has 0 saturated carbocycles. The van der Waals surface area contributed by atoms with Gasteiger partial charge in [-0.25, -0.2) is 0 Å².